The van der Waals surface area contributed by atoms with Crippen molar-refractivity contribution in [3.8, 4) is 0 Å². The molecule has 3 aromatic rings. The van der Waals surface area contributed by atoms with Crippen molar-refractivity contribution < 1.29 is 21.8 Å². The first-order chi connectivity index (χ1) is 19.5. The van der Waals surface area contributed by atoms with Crippen LogP contribution in [0.4, 0.5) is 0 Å². The summed E-state index contributed by atoms with van der Waals surface area (Å²) in [5, 5.41) is 0. The van der Waals surface area contributed by atoms with Gasteiger partial charge in [0.25, 0.3) is 10.1 Å². The van der Waals surface area contributed by atoms with Crippen LogP contribution in [0.1, 0.15) is 93.9 Å². The molecule has 0 bridgehead atoms. The van der Waals surface area contributed by atoms with Crippen molar-refractivity contribution in [3.63, 3.8) is 0 Å². The van der Waals surface area contributed by atoms with Crippen molar-refractivity contribution in [1.82, 2.24) is 0 Å². The topological polar surface area (TPSA) is 76.4 Å². The van der Waals surface area contributed by atoms with Crippen molar-refractivity contribution >= 4 is 25.9 Å². The van der Waals surface area contributed by atoms with Gasteiger partial charge in [0.1, 0.15) is 0 Å². The van der Waals surface area contributed by atoms with E-state index in [1.807, 2.05) is 36.4 Å². The van der Waals surface area contributed by atoms with E-state index in [4.69, 9.17) is 8.98 Å². The van der Waals surface area contributed by atoms with Gasteiger partial charge in [-0.05, 0) is 30.5 Å². The molecule has 0 saturated carbocycles. The number of unbranched alkanes of at least 4 members (excludes halogenated alkanes) is 9. The molecule has 0 amide bonds. The van der Waals surface area contributed by atoms with Crippen molar-refractivity contribution in [2.24, 2.45) is 0 Å². The van der Waals surface area contributed by atoms with Gasteiger partial charge in [0.2, 0.25) is 0 Å². The molecule has 0 spiro atoms. The van der Waals surface area contributed by atoms with Crippen LogP contribution < -0.4 is 0 Å². The molecule has 2 N–H and O–H groups in total. The molecule has 1 aliphatic heterocycles. The molecule has 1 heterocycles. The second-order valence-electron chi connectivity index (χ2n) is 10.2. The molecule has 0 saturated heterocycles. The van der Waals surface area contributed by atoms with Gasteiger partial charge in [-0.15, -0.1) is 0 Å². The highest BCUT2D eigenvalue weighted by Crippen LogP contribution is 2.27. The number of rotatable bonds is 14. The van der Waals surface area contributed by atoms with Gasteiger partial charge in [-0.1, -0.05) is 138 Å². The molecule has 216 valence electrons. The summed E-state index contributed by atoms with van der Waals surface area (Å²) in [7, 11) is -4.39. The van der Waals surface area contributed by atoms with E-state index in [2.05, 4.69) is 41.7 Å². The molecule has 0 radical (unpaired) electrons. The lowest BCUT2D eigenvalue weighted by atomic mass is 10.0. The summed E-state index contributed by atoms with van der Waals surface area (Å²) >= 11 is 0. The molecule has 0 aliphatic carbocycles. The third kappa shape index (κ3) is 11.8. The van der Waals surface area contributed by atoms with Gasteiger partial charge in [0, 0.05) is 17.2 Å². The third-order valence-corrected chi connectivity index (χ3v) is 8.62. The Kier molecular flexibility index (Phi) is 14.2. The maximum atomic E-state index is 10.9. The summed E-state index contributed by atoms with van der Waals surface area (Å²) in [6, 6.07) is 27.1. The van der Waals surface area contributed by atoms with Crippen molar-refractivity contribution in [2.75, 3.05) is 0 Å². The zero-order chi connectivity index (χ0) is 28.5. The van der Waals surface area contributed by atoms with Crippen LogP contribution in [0.15, 0.2) is 95.9 Å². The molecule has 7 heteroatoms. The molecule has 0 fully saturated rings. The number of hydrogen-bond donors (Lipinski definition) is 1. The normalized spacial score (nSPS) is 14.9. The Morgan fingerprint density at radius 1 is 0.750 bits per heavy atom. The molecular formula is C33H44O5SSi. The lowest BCUT2D eigenvalue weighted by Crippen LogP contribution is -2.19. The van der Waals surface area contributed by atoms with E-state index in [0.29, 0.717) is 0 Å². The smallest absolute Gasteiger partial charge is 0.368 e. The van der Waals surface area contributed by atoms with Crippen LogP contribution in [0.25, 0.3) is 5.76 Å². The standard InChI is InChI=1S/C18H30O3S.C15H14O2Si/c1-2-3-4-5-6-7-8-9-10-11-12-17-13-15-18(16-14-17)22(19,20)21;1-3-7-12(8-4-1)14-11-15(17-18-16-14)13-9-5-2-6-10-13/h13-16H,2-12H2,1H3,(H,19,20,21);1-11,14,16,18H. The van der Waals surface area contributed by atoms with Crippen molar-refractivity contribution in [3.05, 3.63) is 108 Å². The van der Waals surface area contributed by atoms with Crippen LogP contribution in [0, 0.1) is 0 Å². The summed E-state index contributed by atoms with van der Waals surface area (Å²) < 4.78 is 41.1. The zero-order valence-corrected chi connectivity index (χ0v) is 25.6. The SMILES string of the molecule is C1=C(c2ccccc2)O[SiH-][OH+]C1c1ccccc1.CCCCCCCCCCCCc1ccc(S(=O)(=O)O)cc1. The minimum atomic E-state index is -4.06. The van der Waals surface area contributed by atoms with Gasteiger partial charge in [-0.25, -0.2) is 0 Å². The maximum absolute atomic E-state index is 10.9. The average molecular weight is 581 g/mol. The lowest BCUT2D eigenvalue weighted by Gasteiger charge is -2.28. The van der Waals surface area contributed by atoms with E-state index in [-0.39, 0.29) is 21.0 Å². The Bertz CT molecular complexity index is 1230. The van der Waals surface area contributed by atoms with Crippen LogP contribution in [0.2, 0.25) is 0 Å². The summed E-state index contributed by atoms with van der Waals surface area (Å²) in [6.07, 6.45) is 16.4. The molecule has 1 atom stereocenters. The van der Waals surface area contributed by atoms with E-state index < -0.39 is 10.1 Å². The third-order valence-electron chi connectivity index (χ3n) is 6.95. The van der Waals surface area contributed by atoms with Crippen LogP contribution in [0.5, 0.6) is 0 Å². The summed E-state index contributed by atoms with van der Waals surface area (Å²) in [5.74, 6) is 0.953. The van der Waals surface area contributed by atoms with Crippen LogP contribution in [0.3, 0.4) is 0 Å². The summed E-state index contributed by atoms with van der Waals surface area (Å²) in [6.45, 7) is 2.25. The van der Waals surface area contributed by atoms with Crippen LogP contribution in [-0.2, 0) is 21.0 Å². The first kappa shape index (κ1) is 31.8. The lowest BCUT2D eigenvalue weighted by molar-refractivity contribution is 0.0526. The van der Waals surface area contributed by atoms with Crippen molar-refractivity contribution in [2.45, 2.75) is 88.6 Å². The molecule has 4 rings (SSSR count). The Morgan fingerprint density at radius 2 is 1.30 bits per heavy atom. The van der Waals surface area contributed by atoms with E-state index in [1.165, 1.54) is 75.5 Å². The monoisotopic (exact) mass is 580 g/mol. The molecular weight excluding hydrogens is 537 g/mol. The molecule has 3 aromatic carbocycles. The fraction of sp³-hybridized carbons (Fsp3) is 0.394. The Morgan fingerprint density at radius 3 is 1.88 bits per heavy atom. The highest BCUT2D eigenvalue weighted by Gasteiger charge is 2.16. The molecule has 0 aromatic heterocycles. The zero-order valence-electron chi connectivity index (χ0n) is 23.6. The van der Waals surface area contributed by atoms with E-state index >= 15 is 0 Å². The van der Waals surface area contributed by atoms with E-state index in [9.17, 15) is 8.42 Å². The van der Waals surface area contributed by atoms with Crippen LogP contribution >= 0.6 is 0 Å². The average Bonchev–Trinajstić information content (AvgIpc) is 2.99. The highest BCUT2D eigenvalue weighted by atomic mass is 32.2. The largest absolute Gasteiger partial charge is 0.648 e. The number of aryl methyl sites for hydroxylation is 1. The second-order valence-corrected chi connectivity index (χ2v) is 12.3. The quantitative estimate of drug-likeness (QED) is 0.0907. The second kappa shape index (κ2) is 17.9. The minimum absolute atomic E-state index is 0.0284. The molecule has 5 nitrogen and oxygen atoms in total. The Hall–Kier alpha value is -2.71. The Balaban J connectivity index is 0.000000224. The summed E-state index contributed by atoms with van der Waals surface area (Å²) in [4.78, 5) is -0.0284. The molecule has 40 heavy (non-hydrogen) atoms. The van der Waals surface area contributed by atoms with Crippen molar-refractivity contribution in [1.29, 1.82) is 0 Å². The van der Waals surface area contributed by atoms with Gasteiger partial charge < -0.3 is 8.85 Å². The fourth-order valence-corrected chi connectivity index (χ4v) is 5.88. The van der Waals surface area contributed by atoms with Crippen LogP contribution in [-0.4, -0.2) is 27.4 Å². The van der Waals surface area contributed by atoms with E-state index in [0.717, 1.165) is 29.7 Å². The predicted octanol–water partition coefficient (Wildman–Crippen LogP) is 7.99. The van der Waals surface area contributed by atoms with Gasteiger partial charge in [-0.2, -0.15) is 8.42 Å². The van der Waals surface area contributed by atoms with Gasteiger partial charge in [-0.3, -0.25) is 4.55 Å². The first-order valence-corrected chi connectivity index (χ1v) is 17.0. The van der Waals surface area contributed by atoms with Gasteiger partial charge in [0.15, 0.2) is 6.10 Å². The first-order valence-electron chi connectivity index (χ1n) is 14.5. The van der Waals surface area contributed by atoms with Gasteiger partial charge >= 0.3 is 10.0 Å². The fourth-order valence-electron chi connectivity index (χ4n) is 4.62. The Labute approximate surface area is 243 Å². The molecule has 1 aliphatic rings. The number of aliphatic hydroxyl groups is 1. The minimum Gasteiger partial charge on any atom is -0.648 e. The number of hydrogen-bond acceptors (Lipinski definition) is 3. The van der Waals surface area contributed by atoms with Gasteiger partial charge in [0.05, 0.1) is 10.7 Å². The number of benzene rings is 3. The highest BCUT2D eigenvalue weighted by molar-refractivity contribution is 7.85. The summed E-state index contributed by atoms with van der Waals surface area (Å²) in [5.41, 5.74) is 3.48. The maximum Gasteiger partial charge on any atom is 0.368 e. The predicted molar refractivity (Wildman–Crippen MR) is 166 cm³/mol. The molecule has 1 unspecified atom stereocenters. The van der Waals surface area contributed by atoms with E-state index in [1.54, 1.807) is 12.1 Å².